The zero-order valence-electron chi connectivity index (χ0n) is 8.76. The molecule has 0 saturated carbocycles. The number of ether oxygens (including phenoxy) is 1. The highest BCUT2D eigenvalue weighted by Crippen LogP contribution is 2.25. The lowest BCUT2D eigenvalue weighted by molar-refractivity contribution is 0.253. The van der Waals surface area contributed by atoms with Crippen molar-refractivity contribution < 1.29 is 17.9 Å². The number of carbonyl (C=O) groups is 1. The van der Waals surface area contributed by atoms with Gasteiger partial charge in [-0.15, -0.1) is 0 Å². The zero-order valence-corrected chi connectivity index (χ0v) is 11.1. The fourth-order valence-corrected chi connectivity index (χ4v) is 2.21. The van der Waals surface area contributed by atoms with Gasteiger partial charge in [-0.3, -0.25) is 0 Å². The molecule has 3 N–H and O–H groups in total. The second-order valence-electron chi connectivity index (χ2n) is 2.93. The maximum Gasteiger partial charge on any atom is 0.326 e. The van der Waals surface area contributed by atoms with Crippen LogP contribution in [0.15, 0.2) is 39.9 Å². The van der Waals surface area contributed by atoms with Gasteiger partial charge >= 0.3 is 6.03 Å². The van der Waals surface area contributed by atoms with E-state index in [9.17, 15) is 13.2 Å². The Morgan fingerprint density at radius 1 is 1.39 bits per heavy atom. The molecule has 6 nitrogen and oxygen atoms in total. The van der Waals surface area contributed by atoms with Crippen LogP contribution in [0.1, 0.15) is 0 Å². The number of amides is 2. The molecule has 2 amide bonds. The smallest absolute Gasteiger partial charge is 0.326 e. The lowest BCUT2D eigenvalue weighted by atomic mass is 10.3. The van der Waals surface area contributed by atoms with Crippen LogP contribution in [0.4, 0.5) is 4.79 Å². The van der Waals surface area contributed by atoms with Crippen LogP contribution >= 0.6 is 23.2 Å². The Kier molecular flexibility index (Phi) is 4.83. The van der Waals surface area contributed by atoms with Crippen LogP contribution < -0.4 is 15.2 Å². The fourth-order valence-electron chi connectivity index (χ4n) is 1.07. The Hall–Kier alpha value is -1.44. The number of nitrogens with two attached hydrogens (primary N) is 1. The SMILES string of the molecule is NC(=O)NS(=O)(=O)c1ccccc1O/C(Cl)=C/Cl. The number of nitrogens with one attached hydrogen (secondary N) is 1. The quantitative estimate of drug-likeness (QED) is 0.827. The minimum Gasteiger partial charge on any atom is -0.443 e. The Balaban J connectivity index is 3.21. The summed E-state index contributed by atoms with van der Waals surface area (Å²) < 4.78 is 30.1. The maximum atomic E-state index is 11.7. The van der Waals surface area contributed by atoms with Gasteiger partial charge in [0.1, 0.15) is 10.6 Å². The van der Waals surface area contributed by atoms with E-state index < -0.39 is 16.1 Å². The largest absolute Gasteiger partial charge is 0.443 e. The summed E-state index contributed by atoms with van der Waals surface area (Å²) in [5, 5.41) is -0.224. The Bertz CT molecular complexity index is 586. The lowest BCUT2D eigenvalue weighted by Gasteiger charge is -2.10. The molecule has 0 aromatic heterocycles. The first-order valence-electron chi connectivity index (χ1n) is 4.42. The van der Waals surface area contributed by atoms with E-state index in [0.717, 1.165) is 5.54 Å². The molecular formula is C9H8Cl2N2O4S. The predicted octanol–water partition coefficient (Wildman–Crippen LogP) is 1.70. The van der Waals surface area contributed by atoms with Crippen molar-refractivity contribution >= 4 is 39.3 Å². The molecule has 0 radical (unpaired) electrons. The minimum absolute atomic E-state index is 0.0897. The maximum absolute atomic E-state index is 11.7. The number of primary amides is 1. The highest BCUT2D eigenvalue weighted by atomic mass is 35.5. The van der Waals surface area contributed by atoms with Crippen LogP contribution in [-0.4, -0.2) is 14.4 Å². The number of carbonyl (C=O) groups excluding carboxylic acids is 1. The number of hydrogen-bond donors (Lipinski definition) is 2. The number of benzene rings is 1. The first-order chi connectivity index (χ1) is 8.36. The number of para-hydroxylation sites is 1. The Morgan fingerprint density at radius 3 is 2.56 bits per heavy atom. The van der Waals surface area contributed by atoms with E-state index in [-0.39, 0.29) is 15.9 Å². The zero-order chi connectivity index (χ0) is 13.8. The van der Waals surface area contributed by atoms with Gasteiger partial charge in [-0.2, -0.15) is 0 Å². The van der Waals surface area contributed by atoms with E-state index in [1.807, 2.05) is 0 Å². The first kappa shape index (κ1) is 14.6. The molecule has 0 atom stereocenters. The highest BCUT2D eigenvalue weighted by Gasteiger charge is 2.21. The summed E-state index contributed by atoms with van der Waals surface area (Å²) in [6.07, 6.45) is 0. The molecule has 0 aliphatic carbocycles. The lowest BCUT2D eigenvalue weighted by Crippen LogP contribution is -2.35. The van der Waals surface area contributed by atoms with Gasteiger partial charge in [0.2, 0.25) is 5.22 Å². The van der Waals surface area contributed by atoms with Gasteiger partial charge in [-0.1, -0.05) is 23.7 Å². The van der Waals surface area contributed by atoms with Crippen molar-refractivity contribution in [3.8, 4) is 5.75 Å². The number of hydrogen-bond acceptors (Lipinski definition) is 4. The molecule has 0 saturated heterocycles. The molecule has 0 fully saturated rings. The average Bonchev–Trinajstić information content (AvgIpc) is 2.27. The average molecular weight is 311 g/mol. The van der Waals surface area contributed by atoms with Crippen LogP contribution in [0.3, 0.4) is 0 Å². The van der Waals surface area contributed by atoms with Gasteiger partial charge in [0.05, 0.1) is 5.54 Å². The molecule has 98 valence electrons. The van der Waals surface area contributed by atoms with Gasteiger partial charge in [-0.05, 0) is 23.7 Å². The fraction of sp³-hybridized carbons (Fsp3) is 0. The monoisotopic (exact) mass is 310 g/mol. The van der Waals surface area contributed by atoms with E-state index in [2.05, 4.69) is 0 Å². The molecule has 0 heterocycles. The van der Waals surface area contributed by atoms with Crippen LogP contribution in [0.2, 0.25) is 0 Å². The molecule has 1 aromatic carbocycles. The molecule has 1 rings (SSSR count). The van der Waals surface area contributed by atoms with Gasteiger partial charge in [0.15, 0.2) is 0 Å². The summed E-state index contributed by atoms with van der Waals surface area (Å²) in [4.78, 5) is 10.3. The summed E-state index contributed by atoms with van der Waals surface area (Å²) in [6, 6.07) is 4.33. The van der Waals surface area contributed by atoms with Gasteiger partial charge in [0.25, 0.3) is 10.0 Å². The number of halogens is 2. The highest BCUT2D eigenvalue weighted by molar-refractivity contribution is 7.90. The van der Waals surface area contributed by atoms with E-state index in [1.165, 1.54) is 24.3 Å². The van der Waals surface area contributed by atoms with E-state index in [0.29, 0.717) is 0 Å². The molecule has 1 aromatic rings. The third kappa shape index (κ3) is 3.80. The summed E-state index contributed by atoms with van der Waals surface area (Å²) in [5.41, 5.74) is 5.69. The van der Waals surface area contributed by atoms with Crippen LogP contribution in [-0.2, 0) is 10.0 Å². The van der Waals surface area contributed by atoms with Crippen LogP contribution in [0.5, 0.6) is 5.75 Å². The number of urea groups is 1. The van der Waals surface area contributed by atoms with E-state index in [4.69, 9.17) is 33.7 Å². The molecule has 9 heteroatoms. The van der Waals surface area contributed by atoms with Crippen LogP contribution in [0.25, 0.3) is 0 Å². The molecule has 0 unspecified atom stereocenters. The summed E-state index contributed by atoms with van der Waals surface area (Å²) in [5.74, 6) is -0.0897. The summed E-state index contributed by atoms with van der Waals surface area (Å²) in [6.45, 7) is 0. The summed E-state index contributed by atoms with van der Waals surface area (Å²) >= 11 is 10.8. The molecule has 18 heavy (non-hydrogen) atoms. The molecular weight excluding hydrogens is 303 g/mol. The van der Waals surface area contributed by atoms with Crippen molar-refractivity contribution in [3.05, 3.63) is 35.0 Å². The second kappa shape index (κ2) is 5.94. The molecule has 0 aliphatic rings. The second-order valence-corrected chi connectivity index (χ2v) is 5.17. The predicted molar refractivity (Wildman–Crippen MR) is 66.8 cm³/mol. The van der Waals surface area contributed by atoms with Crippen molar-refractivity contribution in [2.75, 3.05) is 0 Å². The number of sulfonamides is 1. The summed E-state index contributed by atoms with van der Waals surface area (Å²) in [7, 11) is -4.12. The molecule has 0 aliphatic heterocycles. The van der Waals surface area contributed by atoms with Crippen molar-refractivity contribution in [2.45, 2.75) is 4.90 Å². The van der Waals surface area contributed by atoms with E-state index in [1.54, 1.807) is 4.72 Å². The minimum atomic E-state index is -4.12. The first-order valence-corrected chi connectivity index (χ1v) is 6.71. The normalized spacial score (nSPS) is 12.0. The van der Waals surface area contributed by atoms with Gasteiger partial charge < -0.3 is 10.5 Å². The van der Waals surface area contributed by atoms with E-state index >= 15 is 0 Å². The number of rotatable bonds is 4. The van der Waals surface area contributed by atoms with Crippen molar-refractivity contribution in [1.29, 1.82) is 0 Å². The van der Waals surface area contributed by atoms with Crippen molar-refractivity contribution in [3.63, 3.8) is 0 Å². The Morgan fingerprint density at radius 2 is 2.00 bits per heavy atom. The Labute approximate surface area is 113 Å². The van der Waals surface area contributed by atoms with Crippen molar-refractivity contribution in [1.82, 2.24) is 4.72 Å². The van der Waals surface area contributed by atoms with Gasteiger partial charge in [-0.25, -0.2) is 17.9 Å². The molecule has 0 spiro atoms. The van der Waals surface area contributed by atoms with Crippen LogP contribution in [0, 0.1) is 0 Å². The topological polar surface area (TPSA) is 98.5 Å². The standard InChI is InChI=1S/C9H8Cl2N2O4S/c10-5-8(11)17-6-3-1-2-4-7(6)18(15,16)13-9(12)14/h1-5H,(H3,12,13,14)/b8-5+. The van der Waals surface area contributed by atoms with Crippen molar-refractivity contribution in [2.24, 2.45) is 5.73 Å². The molecule has 0 bridgehead atoms. The third-order valence-electron chi connectivity index (χ3n) is 1.67. The third-order valence-corrected chi connectivity index (χ3v) is 3.55. The van der Waals surface area contributed by atoms with Gasteiger partial charge in [0, 0.05) is 0 Å².